The molecule has 0 aliphatic rings. The first-order valence-corrected chi connectivity index (χ1v) is 9.09. The Balaban J connectivity index is 1.49. The van der Waals surface area contributed by atoms with Crippen molar-refractivity contribution in [3.63, 3.8) is 0 Å². The van der Waals surface area contributed by atoms with E-state index in [1.807, 2.05) is 42.1 Å². The molecule has 3 aromatic rings. The molecule has 0 bridgehead atoms. The number of nitrogens with zero attached hydrogens (tertiary/aromatic N) is 3. The number of methoxy groups -OCH3 is 2. The molecule has 0 radical (unpaired) electrons. The van der Waals surface area contributed by atoms with E-state index in [2.05, 4.69) is 25.9 Å². The Morgan fingerprint density at radius 1 is 1.03 bits per heavy atom. The van der Waals surface area contributed by atoms with Crippen molar-refractivity contribution in [1.29, 1.82) is 0 Å². The molecule has 9 heteroatoms. The summed E-state index contributed by atoms with van der Waals surface area (Å²) >= 11 is 0. The molecule has 0 spiro atoms. The van der Waals surface area contributed by atoms with Crippen LogP contribution < -0.4 is 25.4 Å². The predicted octanol–water partition coefficient (Wildman–Crippen LogP) is 2.83. The highest BCUT2D eigenvalue weighted by atomic mass is 16.5. The lowest BCUT2D eigenvalue weighted by Crippen LogP contribution is -2.32. The maximum atomic E-state index is 12.1. The lowest BCUT2D eigenvalue weighted by Gasteiger charge is -2.12. The van der Waals surface area contributed by atoms with Crippen LogP contribution in [0.15, 0.2) is 48.8 Å². The van der Waals surface area contributed by atoms with Gasteiger partial charge < -0.3 is 30.0 Å². The quantitative estimate of drug-likeness (QED) is 0.506. The van der Waals surface area contributed by atoms with E-state index in [9.17, 15) is 4.79 Å². The van der Waals surface area contributed by atoms with Crippen LogP contribution in [0.25, 0.3) is 5.82 Å². The van der Waals surface area contributed by atoms with Gasteiger partial charge in [0.25, 0.3) is 0 Å². The highest BCUT2D eigenvalue weighted by molar-refractivity contribution is 5.89. The monoisotopic (exact) mass is 396 g/mol. The van der Waals surface area contributed by atoms with Gasteiger partial charge in [-0.1, -0.05) is 0 Å². The third-order valence-electron chi connectivity index (χ3n) is 4.05. The zero-order chi connectivity index (χ0) is 20.6. The molecule has 0 unspecified atom stereocenters. The molecular formula is C20H24N6O3. The zero-order valence-electron chi connectivity index (χ0n) is 16.6. The summed E-state index contributed by atoms with van der Waals surface area (Å²) in [7, 11) is 3.11. The second-order valence-electron chi connectivity index (χ2n) is 6.13. The van der Waals surface area contributed by atoms with Gasteiger partial charge in [-0.25, -0.2) is 14.8 Å². The van der Waals surface area contributed by atoms with Crippen LogP contribution in [0.2, 0.25) is 0 Å². The standard InChI is InChI=1S/C20H24N6O3/c1-14-23-18(13-19(24-14)26-10-4-5-11-26)21-8-9-22-20(27)25-15-6-7-16(28-2)17(12-15)29-3/h4-7,10-13H,8-9H2,1-3H3,(H,21,23,24)(H2,22,25,27). The number of anilines is 2. The third-order valence-corrected chi connectivity index (χ3v) is 4.05. The SMILES string of the molecule is COc1ccc(NC(=O)NCCNc2cc(-n3cccc3)nc(C)n2)cc1OC. The first-order chi connectivity index (χ1) is 14.1. The van der Waals surface area contributed by atoms with Crippen molar-refractivity contribution in [3.8, 4) is 17.3 Å². The molecule has 0 saturated heterocycles. The van der Waals surface area contributed by atoms with E-state index in [0.29, 0.717) is 41.9 Å². The number of rotatable bonds is 8. The highest BCUT2D eigenvalue weighted by Crippen LogP contribution is 2.29. The van der Waals surface area contributed by atoms with E-state index in [1.165, 1.54) is 0 Å². The molecule has 9 nitrogen and oxygen atoms in total. The number of aromatic nitrogens is 3. The van der Waals surface area contributed by atoms with Crippen LogP contribution in [0.4, 0.5) is 16.3 Å². The van der Waals surface area contributed by atoms with Gasteiger partial charge in [0.05, 0.1) is 14.2 Å². The smallest absolute Gasteiger partial charge is 0.319 e. The Bertz CT molecular complexity index is 959. The number of benzene rings is 1. The van der Waals surface area contributed by atoms with Gasteiger partial charge in [0.2, 0.25) is 0 Å². The van der Waals surface area contributed by atoms with E-state index >= 15 is 0 Å². The van der Waals surface area contributed by atoms with E-state index in [0.717, 1.165) is 5.82 Å². The van der Waals surface area contributed by atoms with Crippen molar-refractivity contribution >= 4 is 17.5 Å². The Hall–Kier alpha value is -3.75. The van der Waals surface area contributed by atoms with Crippen molar-refractivity contribution in [3.05, 3.63) is 54.6 Å². The highest BCUT2D eigenvalue weighted by Gasteiger charge is 2.07. The average molecular weight is 396 g/mol. The second-order valence-corrected chi connectivity index (χ2v) is 6.13. The summed E-state index contributed by atoms with van der Waals surface area (Å²) in [5.74, 6) is 3.29. The number of amides is 2. The Morgan fingerprint density at radius 3 is 2.52 bits per heavy atom. The molecule has 0 aliphatic carbocycles. The van der Waals surface area contributed by atoms with Gasteiger partial charge in [-0.15, -0.1) is 0 Å². The number of ether oxygens (including phenoxy) is 2. The molecule has 2 aromatic heterocycles. The molecule has 0 aliphatic heterocycles. The summed E-state index contributed by atoms with van der Waals surface area (Å²) in [4.78, 5) is 20.9. The number of nitrogens with one attached hydrogen (secondary N) is 3. The molecule has 2 heterocycles. The Kier molecular flexibility index (Phi) is 6.51. The second kappa shape index (κ2) is 9.45. The van der Waals surface area contributed by atoms with Crippen molar-refractivity contribution in [2.45, 2.75) is 6.92 Å². The summed E-state index contributed by atoms with van der Waals surface area (Å²) in [5, 5.41) is 8.75. The van der Waals surface area contributed by atoms with Crippen LogP contribution in [0.3, 0.4) is 0 Å². The Morgan fingerprint density at radius 2 is 1.79 bits per heavy atom. The molecule has 0 fully saturated rings. The largest absolute Gasteiger partial charge is 0.493 e. The van der Waals surface area contributed by atoms with E-state index in [1.54, 1.807) is 32.4 Å². The fourth-order valence-corrected chi connectivity index (χ4v) is 2.72. The topological polar surface area (TPSA) is 102 Å². The summed E-state index contributed by atoms with van der Waals surface area (Å²) in [6.07, 6.45) is 3.84. The minimum absolute atomic E-state index is 0.314. The molecule has 3 rings (SSSR count). The predicted molar refractivity (Wildman–Crippen MR) is 111 cm³/mol. The van der Waals surface area contributed by atoms with E-state index in [-0.39, 0.29) is 6.03 Å². The first kappa shape index (κ1) is 20.0. The lowest BCUT2D eigenvalue weighted by atomic mass is 10.3. The number of hydrogen-bond donors (Lipinski definition) is 3. The fraction of sp³-hybridized carbons (Fsp3) is 0.250. The number of carbonyl (C=O) groups is 1. The molecule has 152 valence electrons. The molecule has 0 atom stereocenters. The average Bonchev–Trinajstić information content (AvgIpc) is 3.26. The van der Waals surface area contributed by atoms with Crippen LogP contribution in [0.5, 0.6) is 11.5 Å². The maximum absolute atomic E-state index is 12.1. The number of carbonyl (C=O) groups excluding carboxylic acids is 1. The normalized spacial score (nSPS) is 10.3. The number of hydrogen-bond acceptors (Lipinski definition) is 6. The van der Waals surface area contributed by atoms with Gasteiger partial charge >= 0.3 is 6.03 Å². The summed E-state index contributed by atoms with van der Waals surface area (Å²) in [5.41, 5.74) is 0.607. The summed E-state index contributed by atoms with van der Waals surface area (Å²) in [6, 6.07) is 10.6. The summed E-state index contributed by atoms with van der Waals surface area (Å²) in [6.45, 7) is 2.77. The lowest BCUT2D eigenvalue weighted by molar-refractivity contribution is 0.252. The molecular weight excluding hydrogens is 372 g/mol. The molecule has 3 N–H and O–H groups in total. The van der Waals surface area contributed by atoms with Gasteiger partial charge in [0.15, 0.2) is 11.5 Å². The third kappa shape index (κ3) is 5.38. The first-order valence-electron chi connectivity index (χ1n) is 9.09. The van der Waals surface area contributed by atoms with Gasteiger partial charge in [-0.05, 0) is 31.2 Å². The van der Waals surface area contributed by atoms with Gasteiger partial charge in [-0.2, -0.15) is 0 Å². The van der Waals surface area contributed by atoms with Crippen LogP contribution in [0.1, 0.15) is 5.82 Å². The van der Waals surface area contributed by atoms with Crippen LogP contribution >= 0.6 is 0 Å². The fourth-order valence-electron chi connectivity index (χ4n) is 2.72. The van der Waals surface area contributed by atoms with Gasteiger partial charge in [0, 0.05) is 43.3 Å². The zero-order valence-corrected chi connectivity index (χ0v) is 16.6. The van der Waals surface area contributed by atoms with Crippen molar-refractivity contribution in [2.24, 2.45) is 0 Å². The minimum Gasteiger partial charge on any atom is -0.493 e. The van der Waals surface area contributed by atoms with E-state index < -0.39 is 0 Å². The molecule has 0 saturated carbocycles. The number of urea groups is 1. The van der Waals surface area contributed by atoms with Crippen molar-refractivity contribution < 1.29 is 14.3 Å². The van der Waals surface area contributed by atoms with Crippen LogP contribution in [0, 0.1) is 6.92 Å². The van der Waals surface area contributed by atoms with E-state index in [4.69, 9.17) is 9.47 Å². The molecule has 2 amide bonds. The van der Waals surface area contributed by atoms with Gasteiger partial charge in [0.1, 0.15) is 17.5 Å². The maximum Gasteiger partial charge on any atom is 0.319 e. The Labute approximate surface area is 169 Å². The number of aryl methyl sites for hydroxylation is 1. The van der Waals surface area contributed by atoms with Crippen LogP contribution in [-0.2, 0) is 0 Å². The van der Waals surface area contributed by atoms with Crippen molar-refractivity contribution in [2.75, 3.05) is 37.9 Å². The molecule has 29 heavy (non-hydrogen) atoms. The summed E-state index contributed by atoms with van der Waals surface area (Å²) < 4.78 is 12.3. The van der Waals surface area contributed by atoms with Gasteiger partial charge in [-0.3, -0.25) is 0 Å². The van der Waals surface area contributed by atoms with Crippen molar-refractivity contribution in [1.82, 2.24) is 19.9 Å². The minimum atomic E-state index is -0.314. The van der Waals surface area contributed by atoms with Crippen LogP contribution in [-0.4, -0.2) is 47.9 Å². The molecule has 1 aromatic carbocycles.